The van der Waals surface area contributed by atoms with Crippen molar-refractivity contribution in [2.24, 2.45) is 35.0 Å². The highest BCUT2D eigenvalue weighted by atomic mass is 79.9. The quantitative estimate of drug-likeness (QED) is 0.0349. The fourth-order valence-electron chi connectivity index (χ4n) is 14.9. The summed E-state index contributed by atoms with van der Waals surface area (Å²) in [5.41, 5.74) is 23.6. The number of hydrogen-bond acceptors (Lipinski definition) is 31. The van der Waals surface area contributed by atoms with Gasteiger partial charge in [-0.3, -0.25) is 9.59 Å². The van der Waals surface area contributed by atoms with Crippen LogP contribution in [0.15, 0.2) is 130 Å². The molecule has 2 aromatic carbocycles. The van der Waals surface area contributed by atoms with E-state index in [2.05, 4.69) is 130 Å². The Labute approximate surface area is 716 Å². The van der Waals surface area contributed by atoms with Gasteiger partial charge in [-0.1, -0.05) is 22.3 Å². The van der Waals surface area contributed by atoms with Gasteiger partial charge in [-0.2, -0.15) is 0 Å². The molecule has 33 heteroatoms. The smallest absolute Gasteiger partial charge is 0.306 e. The van der Waals surface area contributed by atoms with E-state index in [0.29, 0.717) is 84.1 Å². The minimum Gasteiger partial charge on any atom is -0.460 e. The minimum absolute atomic E-state index is 0. The fraction of sp³-hybridized carbons (Fsp3) is 0.605. The van der Waals surface area contributed by atoms with Gasteiger partial charge in [0.1, 0.15) is 33.3 Å². The summed E-state index contributed by atoms with van der Waals surface area (Å²) in [6.45, 7) is 18.2. The molecule has 7 aliphatic rings. The third-order valence-corrected chi connectivity index (χ3v) is 21.8. The number of nitrogens with one attached hydrogen (secondary N) is 4. The molecule has 10 N–H and O–H groups in total. The van der Waals surface area contributed by atoms with Crippen LogP contribution in [0, 0.1) is 17.8 Å². The molecule has 7 fully saturated rings. The number of nitrogens with two attached hydrogens (primary N) is 3. The first-order valence-corrected chi connectivity index (χ1v) is 42.3. The first-order valence-electron chi connectivity index (χ1n) is 41.2. The second-order valence-electron chi connectivity index (χ2n) is 32.6. The number of fused-ring (bicyclic) bond motifs is 2. The lowest BCUT2D eigenvalue weighted by atomic mass is 9.82. The fourth-order valence-corrected chi connectivity index (χ4v) is 15.6. The van der Waals surface area contributed by atoms with Gasteiger partial charge in [0, 0.05) is 155 Å². The molecule has 0 atom stereocenters. The molecule has 0 spiro atoms. The monoisotopic (exact) mass is 1730 g/mol. The van der Waals surface area contributed by atoms with Crippen molar-refractivity contribution in [1.82, 2.24) is 70.5 Å². The van der Waals surface area contributed by atoms with Gasteiger partial charge in [-0.05, 0) is 302 Å². The van der Waals surface area contributed by atoms with Crippen molar-refractivity contribution in [3.63, 3.8) is 0 Å². The van der Waals surface area contributed by atoms with Crippen LogP contribution in [0.5, 0.6) is 0 Å². The summed E-state index contributed by atoms with van der Waals surface area (Å²) >= 11 is 8.79. The molecule has 652 valence electrons. The molecule has 2 aliphatic heterocycles. The van der Waals surface area contributed by atoms with Crippen LogP contribution in [0.2, 0.25) is 5.28 Å². The summed E-state index contributed by atoms with van der Waals surface area (Å²) in [5.74, 6) is 4.30. The van der Waals surface area contributed by atoms with E-state index in [0.717, 1.165) is 225 Å². The highest BCUT2D eigenvalue weighted by molar-refractivity contribution is 9.10. The predicted octanol–water partition coefficient (Wildman–Crippen LogP) is 15.7. The van der Waals surface area contributed by atoms with Crippen molar-refractivity contribution < 1.29 is 37.8 Å². The van der Waals surface area contributed by atoms with Crippen LogP contribution < -0.4 is 48.3 Å². The van der Waals surface area contributed by atoms with E-state index in [-0.39, 0.29) is 45.4 Å². The summed E-state index contributed by atoms with van der Waals surface area (Å²) in [7, 11) is 0. The first kappa shape index (κ1) is 97.1. The van der Waals surface area contributed by atoms with Crippen LogP contribution >= 0.6 is 27.5 Å². The minimum atomic E-state index is -0.388. The molecule has 0 radical (unpaired) electrons. The van der Waals surface area contributed by atoms with Gasteiger partial charge < -0.3 is 67.2 Å². The van der Waals surface area contributed by atoms with Crippen molar-refractivity contribution >= 4 is 96.7 Å². The number of nitrogens with zero attached hydrogens (tertiary/aromatic N) is 16. The highest BCUT2D eigenvalue weighted by Crippen LogP contribution is 2.35. The number of hydrogen-bond donors (Lipinski definition) is 7. The van der Waals surface area contributed by atoms with Gasteiger partial charge in [0.25, 0.3) is 0 Å². The lowest BCUT2D eigenvalue weighted by Crippen LogP contribution is -2.36. The summed E-state index contributed by atoms with van der Waals surface area (Å²) in [6, 6.07) is 20.4. The SMILES string of the molecule is Brc1cc(N2CCOCC2)cc2nonc12.C.C.C.CC(C)(C)OC(=O)CC1CCC(N)CC1.CC(C)(C)OC(=O)CC1CCC(Nc2ncccn2)CC1.Clc1ncccn1.NC1CCC(Nc2ncccn2)CC1.NC1CCC(Nc2ncccn2)CC1.c1cnc(NC2CCC(Cc3cc(N4CCOCC4)cc4nonc34)CC2)nc1. The number of esters is 2. The number of anilines is 6. The van der Waals surface area contributed by atoms with E-state index < -0.39 is 0 Å². The van der Waals surface area contributed by atoms with Gasteiger partial charge >= 0.3 is 11.9 Å². The van der Waals surface area contributed by atoms with Crippen molar-refractivity contribution in [2.45, 2.75) is 265 Å². The number of ether oxygens (including phenoxy) is 4. The van der Waals surface area contributed by atoms with Crippen LogP contribution in [0.4, 0.5) is 35.2 Å². The molecule has 119 heavy (non-hydrogen) atoms. The Hall–Kier alpha value is -9.05. The summed E-state index contributed by atoms with van der Waals surface area (Å²) < 4.78 is 32.2. The molecule has 31 nitrogen and oxygen atoms in total. The Kier molecular flexibility index (Phi) is 41.5. The second kappa shape index (κ2) is 50.9. The van der Waals surface area contributed by atoms with Crippen LogP contribution in [-0.4, -0.2) is 189 Å². The van der Waals surface area contributed by atoms with Gasteiger partial charge in [0.2, 0.25) is 29.1 Å². The largest absolute Gasteiger partial charge is 0.460 e. The number of morpholine rings is 2. The van der Waals surface area contributed by atoms with Gasteiger partial charge in [-0.25, -0.2) is 59.1 Å². The van der Waals surface area contributed by atoms with Crippen LogP contribution in [0.1, 0.15) is 211 Å². The zero-order valence-corrected chi connectivity index (χ0v) is 70.4. The number of carbonyl (C=O) groups is 2. The Balaban J connectivity index is 0.000000197. The molecule has 0 amide bonds. The molecule has 0 bridgehead atoms. The molecular formula is C86H131BrClN23O8. The Morgan fingerprint density at radius 2 is 0.714 bits per heavy atom. The van der Waals surface area contributed by atoms with Crippen LogP contribution in [0.25, 0.3) is 22.1 Å². The molecule has 5 saturated carbocycles. The number of aromatic nitrogens is 14. The highest BCUT2D eigenvalue weighted by Gasteiger charge is 2.29. The average Bonchev–Trinajstić information content (AvgIpc) is 1.71. The summed E-state index contributed by atoms with van der Waals surface area (Å²) in [5, 5.41) is 29.8. The van der Waals surface area contributed by atoms with E-state index >= 15 is 0 Å². The maximum atomic E-state index is 11.8. The Morgan fingerprint density at radius 3 is 1.05 bits per heavy atom. The van der Waals surface area contributed by atoms with Crippen molar-refractivity contribution in [3.05, 3.63) is 132 Å². The van der Waals surface area contributed by atoms with Gasteiger partial charge in [0.15, 0.2) is 0 Å². The summed E-state index contributed by atoms with van der Waals surface area (Å²) in [4.78, 5) is 68.8. The van der Waals surface area contributed by atoms with E-state index in [4.69, 9.17) is 57.0 Å². The van der Waals surface area contributed by atoms with Crippen molar-refractivity contribution in [3.8, 4) is 0 Å². The number of benzene rings is 2. The van der Waals surface area contributed by atoms with E-state index in [1.807, 2.05) is 77.9 Å². The van der Waals surface area contributed by atoms with Crippen LogP contribution in [0.3, 0.4) is 0 Å². The standard InChI is InChI=1S/C21H26N6O2.C16H25N3O2.C12H23NO2.C10H10BrN3O2.2C10H16N4.C4H3ClN2.3CH4/c1-6-22-21(23-7-1)24-17-4-2-15(3-5-17)12-16-13-18(27-8-10-28-11-9-27)14-19-20(16)26-29-25-19;1-16(2,3)21-14(20)11-12-5-7-13(8-6-12)19-15-17-9-4-10-18-15;1-12(2,3)15-11(14)8-9-4-6-10(13)7-5-9;11-8-5-7(14-1-3-15-4-2-14)6-9-10(8)13-16-12-9;2*11-8-2-4-9(5-3-8)14-10-12-6-1-7-13-10;5-4-6-2-1-3-7-4;;;/h1,6-7,13-15,17H,2-5,8-12H2,(H,22,23,24);4,9-10,12-13H,5-8,11H2,1-3H3,(H,17,18,19);9-10H,4-8,13H2,1-3H3;5-6H,1-4H2;2*1,6-9H,2-5,11H2,(H,12,13,14);1-3H;3*1H4. The molecule has 7 aromatic heterocycles. The van der Waals surface area contributed by atoms with Gasteiger partial charge in [0.05, 0.1) is 30.9 Å². The average molecular weight is 1730 g/mol. The lowest BCUT2D eigenvalue weighted by molar-refractivity contribution is -0.157. The summed E-state index contributed by atoms with van der Waals surface area (Å²) in [6.07, 6.45) is 41.3. The van der Waals surface area contributed by atoms with E-state index in [1.165, 1.54) is 24.1 Å². The van der Waals surface area contributed by atoms with E-state index in [9.17, 15) is 9.59 Å². The second-order valence-corrected chi connectivity index (χ2v) is 33.8. The predicted molar refractivity (Wildman–Crippen MR) is 474 cm³/mol. The number of halogens is 2. The number of rotatable bonds is 16. The van der Waals surface area contributed by atoms with Crippen molar-refractivity contribution in [2.75, 3.05) is 83.7 Å². The third-order valence-electron chi connectivity index (χ3n) is 21.0. The third kappa shape index (κ3) is 35.7. The molecule has 0 unspecified atom stereocenters. The molecule has 9 heterocycles. The Bertz CT molecular complexity index is 4170. The molecule has 2 saturated heterocycles. The molecule has 16 rings (SSSR count). The Morgan fingerprint density at radius 1 is 0.420 bits per heavy atom. The maximum absolute atomic E-state index is 11.8. The molecule has 5 aliphatic carbocycles. The normalized spacial score (nSPS) is 22.2. The van der Waals surface area contributed by atoms with Crippen molar-refractivity contribution in [1.29, 1.82) is 0 Å². The topological polar surface area (TPSA) is 410 Å². The molecular weight excluding hydrogens is 1600 g/mol. The zero-order chi connectivity index (χ0) is 81.9. The molecule has 9 aromatic rings. The number of carbonyl (C=O) groups excluding carboxylic acids is 2. The van der Waals surface area contributed by atoms with Crippen LogP contribution in [-0.2, 0) is 35.0 Å². The van der Waals surface area contributed by atoms with Gasteiger partial charge in [-0.15, -0.1) is 0 Å². The zero-order valence-electron chi connectivity index (χ0n) is 68.1. The lowest BCUT2D eigenvalue weighted by Gasteiger charge is -2.30. The maximum Gasteiger partial charge on any atom is 0.306 e. The first-order chi connectivity index (χ1) is 56.1. The van der Waals surface area contributed by atoms with E-state index in [1.54, 1.807) is 68.0 Å².